The number of carbonyl (C=O) groups excluding carboxylic acids is 1. The van der Waals surface area contributed by atoms with Crippen LogP contribution < -0.4 is 15.4 Å². The Hall–Kier alpha value is -1.55. The zero-order valence-corrected chi connectivity index (χ0v) is 14.9. The molecule has 0 radical (unpaired) electrons. The zero-order chi connectivity index (χ0) is 16.9. The van der Waals surface area contributed by atoms with Crippen LogP contribution in [0.15, 0.2) is 18.2 Å². The minimum atomic E-state index is -0.216. The van der Waals surface area contributed by atoms with Crippen LogP contribution in [-0.4, -0.2) is 30.5 Å². The Balaban J connectivity index is 1.92. The van der Waals surface area contributed by atoms with Gasteiger partial charge < -0.3 is 15.4 Å². The molecule has 0 spiro atoms. The van der Waals surface area contributed by atoms with E-state index in [9.17, 15) is 4.79 Å². The molecule has 1 heterocycles. The number of fused-ring (bicyclic) bond motifs is 1. The van der Waals surface area contributed by atoms with Gasteiger partial charge in [0.2, 0.25) is 0 Å². The molecule has 128 valence electrons. The summed E-state index contributed by atoms with van der Waals surface area (Å²) in [5.41, 5.74) is 1.42. The van der Waals surface area contributed by atoms with Crippen LogP contribution in [-0.2, 0) is 0 Å². The smallest absolute Gasteiger partial charge is 0.179 e. The van der Waals surface area contributed by atoms with Crippen molar-refractivity contribution in [3.8, 4) is 5.75 Å². The van der Waals surface area contributed by atoms with E-state index in [-0.39, 0.29) is 17.4 Å². The number of ketones is 1. The van der Waals surface area contributed by atoms with Crippen molar-refractivity contribution in [2.75, 3.05) is 18.4 Å². The van der Waals surface area contributed by atoms with Gasteiger partial charge in [-0.15, -0.1) is 0 Å². The summed E-state index contributed by atoms with van der Waals surface area (Å²) in [5, 5.41) is 6.69. The monoisotopic (exact) mass is 318 g/mol. The quantitative estimate of drug-likeness (QED) is 0.562. The molecule has 1 aliphatic rings. The second-order valence-electron chi connectivity index (χ2n) is 7.03. The average molecular weight is 318 g/mol. The van der Waals surface area contributed by atoms with E-state index in [4.69, 9.17) is 4.74 Å². The van der Waals surface area contributed by atoms with Crippen LogP contribution in [0.2, 0.25) is 0 Å². The molecule has 1 unspecified atom stereocenters. The lowest BCUT2D eigenvalue weighted by Crippen LogP contribution is -2.40. The third kappa shape index (κ3) is 4.96. The highest BCUT2D eigenvalue weighted by Crippen LogP contribution is 2.33. The van der Waals surface area contributed by atoms with E-state index in [0.717, 1.165) is 36.5 Å². The summed E-state index contributed by atoms with van der Waals surface area (Å²) < 4.78 is 5.93. The number of carbonyl (C=O) groups is 1. The van der Waals surface area contributed by atoms with E-state index in [1.165, 1.54) is 19.3 Å². The molecule has 0 aromatic heterocycles. The fraction of sp³-hybridized carbons (Fsp3) is 0.632. The first-order valence-electron chi connectivity index (χ1n) is 8.77. The van der Waals surface area contributed by atoms with Gasteiger partial charge >= 0.3 is 0 Å². The summed E-state index contributed by atoms with van der Waals surface area (Å²) >= 11 is 0. The summed E-state index contributed by atoms with van der Waals surface area (Å²) in [5.74, 6) is 0.952. The van der Waals surface area contributed by atoms with Crippen molar-refractivity contribution in [3.63, 3.8) is 0 Å². The van der Waals surface area contributed by atoms with Gasteiger partial charge in [0, 0.05) is 5.56 Å². The van der Waals surface area contributed by atoms with Crippen molar-refractivity contribution in [1.29, 1.82) is 0 Å². The number of hydrogen-bond donors (Lipinski definition) is 2. The van der Waals surface area contributed by atoms with E-state index < -0.39 is 0 Å². The molecule has 1 atom stereocenters. The molecule has 4 heteroatoms. The topological polar surface area (TPSA) is 50.4 Å². The molecular formula is C19H30N2O2. The SMILES string of the molecule is CCCCCCNC(C)C(=O)c1ccc2c(c1)NCC(C)(C)O2. The highest BCUT2D eigenvalue weighted by molar-refractivity contribution is 6.01. The number of rotatable bonds is 8. The van der Waals surface area contributed by atoms with Gasteiger partial charge in [0.15, 0.2) is 5.78 Å². The maximum Gasteiger partial charge on any atom is 0.179 e. The van der Waals surface area contributed by atoms with E-state index in [1.54, 1.807) is 0 Å². The highest BCUT2D eigenvalue weighted by Gasteiger charge is 2.27. The largest absolute Gasteiger partial charge is 0.484 e. The van der Waals surface area contributed by atoms with Gasteiger partial charge in [-0.1, -0.05) is 26.2 Å². The molecule has 0 amide bonds. The predicted molar refractivity (Wildman–Crippen MR) is 95.6 cm³/mol. The van der Waals surface area contributed by atoms with Gasteiger partial charge in [0.1, 0.15) is 11.4 Å². The second kappa shape index (κ2) is 7.82. The summed E-state index contributed by atoms with van der Waals surface area (Å²) in [6.45, 7) is 9.87. The molecule has 2 N–H and O–H groups in total. The van der Waals surface area contributed by atoms with Crippen molar-refractivity contribution in [1.82, 2.24) is 5.32 Å². The van der Waals surface area contributed by atoms with Crippen molar-refractivity contribution >= 4 is 11.5 Å². The van der Waals surface area contributed by atoms with Crippen LogP contribution in [0.4, 0.5) is 5.69 Å². The van der Waals surface area contributed by atoms with Crippen LogP contribution in [0, 0.1) is 0 Å². The third-order valence-electron chi connectivity index (χ3n) is 4.23. The predicted octanol–water partition coefficient (Wildman–Crippen LogP) is 4.01. The van der Waals surface area contributed by atoms with Gasteiger partial charge in [0.25, 0.3) is 0 Å². The fourth-order valence-electron chi connectivity index (χ4n) is 2.77. The van der Waals surface area contributed by atoms with Crippen molar-refractivity contribution < 1.29 is 9.53 Å². The molecule has 0 fully saturated rings. The first-order valence-corrected chi connectivity index (χ1v) is 8.77. The molecular weight excluding hydrogens is 288 g/mol. The Kier molecular flexibility index (Phi) is 6.05. The first kappa shape index (κ1) is 17.8. The average Bonchev–Trinajstić information content (AvgIpc) is 2.52. The van der Waals surface area contributed by atoms with E-state index in [2.05, 4.69) is 17.6 Å². The van der Waals surface area contributed by atoms with Gasteiger partial charge in [-0.25, -0.2) is 0 Å². The normalized spacial score (nSPS) is 16.9. The number of ether oxygens (including phenoxy) is 1. The van der Waals surface area contributed by atoms with Gasteiger partial charge in [-0.05, 0) is 51.9 Å². The number of nitrogens with one attached hydrogen (secondary N) is 2. The summed E-state index contributed by atoms with van der Waals surface area (Å²) in [6, 6.07) is 5.50. The molecule has 0 aliphatic carbocycles. The lowest BCUT2D eigenvalue weighted by Gasteiger charge is -2.33. The van der Waals surface area contributed by atoms with Crippen molar-refractivity contribution in [2.45, 2.75) is 65.0 Å². The molecule has 0 saturated carbocycles. The van der Waals surface area contributed by atoms with Crippen molar-refractivity contribution in [2.24, 2.45) is 0 Å². The van der Waals surface area contributed by atoms with Crippen LogP contribution in [0.3, 0.4) is 0 Å². The van der Waals surface area contributed by atoms with Crippen LogP contribution in [0.1, 0.15) is 63.7 Å². The molecule has 0 bridgehead atoms. The van der Waals surface area contributed by atoms with E-state index >= 15 is 0 Å². The molecule has 1 aliphatic heterocycles. The van der Waals surface area contributed by atoms with Crippen LogP contribution in [0.25, 0.3) is 0 Å². The standard InChI is InChI=1S/C19H30N2O2/c1-5-6-7-8-11-20-14(2)18(22)15-9-10-17-16(12-15)21-13-19(3,4)23-17/h9-10,12,14,20-21H,5-8,11,13H2,1-4H3. The van der Waals surface area contributed by atoms with Crippen molar-refractivity contribution in [3.05, 3.63) is 23.8 Å². The highest BCUT2D eigenvalue weighted by atomic mass is 16.5. The Bertz CT molecular complexity index is 540. The number of Topliss-reactive ketones (excluding diaryl/α,β-unsaturated/α-hetero) is 1. The van der Waals surface area contributed by atoms with Crippen LogP contribution >= 0.6 is 0 Å². The molecule has 4 nitrogen and oxygen atoms in total. The van der Waals surface area contributed by atoms with Crippen LogP contribution in [0.5, 0.6) is 5.75 Å². The molecule has 1 aromatic carbocycles. The number of anilines is 1. The lowest BCUT2D eigenvalue weighted by atomic mass is 10.0. The second-order valence-corrected chi connectivity index (χ2v) is 7.03. The molecule has 1 aromatic rings. The maximum absolute atomic E-state index is 12.5. The first-order chi connectivity index (χ1) is 10.9. The summed E-state index contributed by atoms with van der Waals surface area (Å²) in [7, 11) is 0. The summed E-state index contributed by atoms with van der Waals surface area (Å²) in [6.07, 6.45) is 4.84. The lowest BCUT2D eigenvalue weighted by molar-refractivity contribution is 0.0950. The number of hydrogen-bond acceptors (Lipinski definition) is 4. The van der Waals surface area contributed by atoms with E-state index in [0.29, 0.717) is 0 Å². The summed E-state index contributed by atoms with van der Waals surface area (Å²) in [4.78, 5) is 12.5. The third-order valence-corrected chi connectivity index (χ3v) is 4.23. The zero-order valence-electron chi connectivity index (χ0n) is 14.9. The Labute approximate surface area is 140 Å². The Morgan fingerprint density at radius 3 is 2.87 bits per heavy atom. The number of unbranched alkanes of at least 4 members (excludes halogenated alkanes) is 3. The van der Waals surface area contributed by atoms with E-state index in [1.807, 2.05) is 39.0 Å². The Morgan fingerprint density at radius 1 is 1.35 bits per heavy atom. The fourth-order valence-corrected chi connectivity index (χ4v) is 2.77. The molecule has 23 heavy (non-hydrogen) atoms. The van der Waals surface area contributed by atoms with Gasteiger partial charge in [0.05, 0.1) is 18.3 Å². The molecule has 2 rings (SSSR count). The van der Waals surface area contributed by atoms with Gasteiger partial charge in [-0.2, -0.15) is 0 Å². The van der Waals surface area contributed by atoms with Gasteiger partial charge in [-0.3, -0.25) is 4.79 Å². The number of benzene rings is 1. The minimum absolute atomic E-state index is 0.134. The molecule has 0 saturated heterocycles. The minimum Gasteiger partial charge on any atom is -0.484 e. The Morgan fingerprint density at radius 2 is 2.13 bits per heavy atom. The maximum atomic E-state index is 12.5.